The van der Waals surface area contributed by atoms with Gasteiger partial charge in [-0.1, -0.05) is 0 Å². The number of hydrogen-bond acceptors (Lipinski definition) is 5. The van der Waals surface area contributed by atoms with Gasteiger partial charge in [0, 0.05) is 39.3 Å². The van der Waals surface area contributed by atoms with Gasteiger partial charge in [0.05, 0.1) is 12.0 Å². The Bertz CT molecular complexity index is 616. The van der Waals surface area contributed by atoms with Crippen LogP contribution < -0.4 is 10.6 Å². The SMILES string of the molecule is CCNC(=NCCCOCc1ccco1)NCCN1CCCS1(=O)=O. The number of ether oxygens (including phenoxy) is 1. The van der Waals surface area contributed by atoms with Crippen molar-refractivity contribution in [3.8, 4) is 0 Å². The third-order valence-electron chi connectivity index (χ3n) is 3.74. The molecule has 0 saturated carbocycles. The highest BCUT2D eigenvalue weighted by atomic mass is 32.2. The molecule has 1 aliphatic heterocycles. The van der Waals surface area contributed by atoms with E-state index in [-0.39, 0.29) is 5.75 Å². The summed E-state index contributed by atoms with van der Waals surface area (Å²) < 4.78 is 35.7. The second-order valence-corrected chi connectivity index (χ2v) is 7.83. The average molecular weight is 372 g/mol. The summed E-state index contributed by atoms with van der Waals surface area (Å²) >= 11 is 0. The predicted molar refractivity (Wildman–Crippen MR) is 96.9 cm³/mol. The average Bonchev–Trinajstić information content (AvgIpc) is 3.20. The van der Waals surface area contributed by atoms with Gasteiger partial charge < -0.3 is 19.8 Å². The fraction of sp³-hybridized carbons (Fsp3) is 0.688. The van der Waals surface area contributed by atoms with Gasteiger partial charge in [-0.05, 0) is 31.9 Å². The Hall–Kier alpha value is -1.58. The Kier molecular flexibility index (Phi) is 8.23. The Morgan fingerprint density at radius 2 is 2.32 bits per heavy atom. The molecule has 25 heavy (non-hydrogen) atoms. The number of hydrogen-bond donors (Lipinski definition) is 2. The van der Waals surface area contributed by atoms with Gasteiger partial charge in [-0.2, -0.15) is 0 Å². The molecule has 8 nitrogen and oxygen atoms in total. The molecule has 0 spiro atoms. The summed E-state index contributed by atoms with van der Waals surface area (Å²) in [5.41, 5.74) is 0. The third-order valence-corrected chi connectivity index (χ3v) is 5.70. The van der Waals surface area contributed by atoms with E-state index >= 15 is 0 Å². The van der Waals surface area contributed by atoms with Crippen LogP contribution >= 0.6 is 0 Å². The van der Waals surface area contributed by atoms with Crippen molar-refractivity contribution in [1.29, 1.82) is 0 Å². The van der Waals surface area contributed by atoms with E-state index in [9.17, 15) is 8.42 Å². The van der Waals surface area contributed by atoms with Gasteiger partial charge in [0.25, 0.3) is 0 Å². The van der Waals surface area contributed by atoms with Crippen LogP contribution in [0.3, 0.4) is 0 Å². The first-order valence-electron chi connectivity index (χ1n) is 8.72. The molecule has 2 N–H and O–H groups in total. The smallest absolute Gasteiger partial charge is 0.214 e. The van der Waals surface area contributed by atoms with E-state index in [0.29, 0.717) is 51.8 Å². The Labute approximate surface area is 149 Å². The highest BCUT2D eigenvalue weighted by molar-refractivity contribution is 7.89. The molecule has 0 unspecified atom stereocenters. The topological polar surface area (TPSA) is 96.2 Å². The van der Waals surface area contributed by atoms with Crippen molar-refractivity contribution in [2.75, 3.05) is 45.1 Å². The van der Waals surface area contributed by atoms with Gasteiger partial charge in [0.15, 0.2) is 5.96 Å². The number of guanidine groups is 1. The molecule has 0 radical (unpaired) electrons. The number of sulfonamides is 1. The van der Waals surface area contributed by atoms with Crippen LogP contribution in [0.2, 0.25) is 0 Å². The first-order chi connectivity index (χ1) is 12.1. The van der Waals surface area contributed by atoms with Crippen molar-refractivity contribution in [3.05, 3.63) is 24.2 Å². The minimum absolute atomic E-state index is 0.263. The van der Waals surface area contributed by atoms with Gasteiger partial charge in [-0.15, -0.1) is 0 Å². The van der Waals surface area contributed by atoms with Crippen molar-refractivity contribution < 1.29 is 17.6 Å². The molecule has 1 aliphatic rings. The maximum absolute atomic E-state index is 11.8. The zero-order chi connectivity index (χ0) is 18.0. The van der Waals surface area contributed by atoms with Crippen molar-refractivity contribution >= 4 is 16.0 Å². The van der Waals surface area contributed by atoms with Crippen LogP contribution in [0.1, 0.15) is 25.5 Å². The molecule has 0 atom stereocenters. The maximum atomic E-state index is 11.8. The van der Waals surface area contributed by atoms with E-state index in [4.69, 9.17) is 9.15 Å². The summed E-state index contributed by atoms with van der Waals surface area (Å²) in [5.74, 6) is 1.78. The highest BCUT2D eigenvalue weighted by Gasteiger charge is 2.27. The molecule has 1 fully saturated rings. The van der Waals surface area contributed by atoms with E-state index in [2.05, 4.69) is 15.6 Å². The normalized spacial score (nSPS) is 17.7. The molecule has 2 rings (SSSR count). The lowest BCUT2D eigenvalue weighted by Crippen LogP contribution is -2.42. The quantitative estimate of drug-likeness (QED) is 0.358. The monoisotopic (exact) mass is 372 g/mol. The van der Waals surface area contributed by atoms with Crippen molar-refractivity contribution in [2.45, 2.75) is 26.4 Å². The molecule has 9 heteroatoms. The van der Waals surface area contributed by atoms with Crippen LogP contribution in [0.4, 0.5) is 0 Å². The molecule has 1 aromatic rings. The summed E-state index contributed by atoms with van der Waals surface area (Å²) in [7, 11) is -3.03. The van der Waals surface area contributed by atoms with Crippen LogP contribution in [-0.2, 0) is 21.4 Å². The number of nitrogens with zero attached hydrogens (tertiary/aromatic N) is 2. The largest absolute Gasteiger partial charge is 0.467 e. The first-order valence-corrected chi connectivity index (χ1v) is 10.3. The lowest BCUT2D eigenvalue weighted by atomic mass is 10.4. The summed E-state index contributed by atoms with van der Waals surface area (Å²) in [6.45, 7) is 6.09. The molecule has 1 aromatic heterocycles. The summed E-state index contributed by atoms with van der Waals surface area (Å²) in [6.07, 6.45) is 3.15. The summed E-state index contributed by atoms with van der Waals surface area (Å²) in [4.78, 5) is 4.47. The van der Waals surface area contributed by atoms with Crippen molar-refractivity contribution in [2.24, 2.45) is 4.99 Å². The minimum atomic E-state index is -3.03. The predicted octanol–water partition coefficient (Wildman–Crippen LogP) is 0.777. The van der Waals surface area contributed by atoms with Gasteiger partial charge >= 0.3 is 0 Å². The molecule has 0 bridgehead atoms. The van der Waals surface area contributed by atoms with Crippen LogP contribution in [0, 0.1) is 0 Å². The van der Waals surface area contributed by atoms with Gasteiger partial charge in [0.1, 0.15) is 12.4 Å². The third kappa shape index (κ3) is 7.05. The number of aliphatic imine (C=N–C) groups is 1. The van der Waals surface area contributed by atoms with Crippen LogP contribution in [0.25, 0.3) is 0 Å². The lowest BCUT2D eigenvalue weighted by molar-refractivity contribution is 0.105. The van der Waals surface area contributed by atoms with Crippen LogP contribution in [0.5, 0.6) is 0 Å². The Morgan fingerprint density at radius 3 is 3.00 bits per heavy atom. The van der Waals surface area contributed by atoms with Gasteiger partial charge in [-0.25, -0.2) is 12.7 Å². The molecule has 0 amide bonds. The maximum Gasteiger partial charge on any atom is 0.214 e. The molecular weight excluding hydrogens is 344 g/mol. The van der Waals surface area contributed by atoms with Crippen LogP contribution in [0.15, 0.2) is 27.8 Å². The molecule has 0 aromatic carbocycles. The number of furan rings is 1. The van der Waals surface area contributed by atoms with E-state index in [0.717, 1.165) is 18.7 Å². The molecule has 142 valence electrons. The molecular formula is C16H28N4O4S. The zero-order valence-electron chi connectivity index (χ0n) is 14.7. The van der Waals surface area contributed by atoms with Crippen LogP contribution in [-0.4, -0.2) is 63.8 Å². The fourth-order valence-corrected chi connectivity index (χ4v) is 4.04. The molecule has 1 saturated heterocycles. The number of rotatable bonds is 10. The Balaban J connectivity index is 1.62. The molecule has 0 aliphatic carbocycles. The van der Waals surface area contributed by atoms with Gasteiger partial charge in [0.2, 0.25) is 10.0 Å². The minimum Gasteiger partial charge on any atom is -0.467 e. The second-order valence-electron chi connectivity index (χ2n) is 5.74. The summed E-state index contributed by atoms with van der Waals surface area (Å²) in [6, 6.07) is 3.72. The first kappa shape index (κ1) is 19.7. The van der Waals surface area contributed by atoms with E-state index in [1.807, 2.05) is 19.1 Å². The fourth-order valence-electron chi connectivity index (χ4n) is 2.51. The second kappa shape index (κ2) is 10.4. The Morgan fingerprint density at radius 1 is 1.44 bits per heavy atom. The van der Waals surface area contributed by atoms with E-state index in [1.165, 1.54) is 4.31 Å². The highest BCUT2D eigenvalue weighted by Crippen LogP contribution is 2.11. The molecule has 2 heterocycles. The standard InChI is InChI=1S/C16H28N4O4S/c1-2-17-16(19-8-10-20-9-5-13-25(20,21)22)18-7-4-11-23-14-15-6-3-12-24-15/h3,6,12H,2,4-5,7-11,13-14H2,1H3,(H2,17,18,19). The van der Waals surface area contributed by atoms with Crippen molar-refractivity contribution in [3.63, 3.8) is 0 Å². The number of nitrogens with one attached hydrogen (secondary N) is 2. The van der Waals surface area contributed by atoms with Crippen molar-refractivity contribution in [1.82, 2.24) is 14.9 Å². The summed E-state index contributed by atoms with van der Waals surface area (Å²) in [5, 5.41) is 6.33. The van der Waals surface area contributed by atoms with E-state index in [1.54, 1.807) is 6.26 Å². The van der Waals surface area contributed by atoms with E-state index < -0.39 is 10.0 Å². The lowest BCUT2D eigenvalue weighted by Gasteiger charge is -2.16. The zero-order valence-corrected chi connectivity index (χ0v) is 15.6. The van der Waals surface area contributed by atoms with Gasteiger partial charge in [-0.3, -0.25) is 4.99 Å².